The first kappa shape index (κ1) is 25.4. The highest BCUT2D eigenvalue weighted by Crippen LogP contribution is 2.31. The average molecular weight is 501 g/mol. The molecule has 0 aromatic heterocycles. The van der Waals surface area contributed by atoms with Gasteiger partial charge in [-0.15, -0.1) is 0 Å². The topological polar surface area (TPSA) is 20.3 Å². The van der Waals surface area contributed by atoms with Crippen molar-refractivity contribution in [2.75, 3.05) is 13.1 Å². The molecule has 0 bridgehead atoms. The van der Waals surface area contributed by atoms with Gasteiger partial charge in [-0.3, -0.25) is 9.69 Å². The molecule has 36 heavy (non-hydrogen) atoms. The fraction of sp³-hybridized carbons (Fsp3) is 0.179. The summed E-state index contributed by atoms with van der Waals surface area (Å²) in [5.74, 6) is -0.292. The molecule has 1 fully saturated rings. The monoisotopic (exact) mass is 501 g/mol. The van der Waals surface area contributed by atoms with Crippen LogP contribution in [0, 0.1) is 0 Å². The van der Waals surface area contributed by atoms with E-state index in [4.69, 9.17) is 0 Å². The van der Waals surface area contributed by atoms with Crippen LogP contribution in [-0.2, 0) is 23.7 Å². The van der Waals surface area contributed by atoms with Crippen molar-refractivity contribution in [1.82, 2.24) is 4.90 Å². The first-order chi connectivity index (χ1) is 17.0. The molecule has 186 valence electrons. The summed E-state index contributed by atoms with van der Waals surface area (Å²) in [6, 6.07) is 18.6. The summed E-state index contributed by atoms with van der Waals surface area (Å²) >= 11 is 0. The summed E-state index contributed by atoms with van der Waals surface area (Å²) < 4.78 is 77.4. The van der Waals surface area contributed by atoms with Gasteiger partial charge in [0.2, 0.25) is 0 Å². The number of piperidine rings is 1. The number of likely N-dealkylation sites (tertiary alicyclic amines) is 1. The van der Waals surface area contributed by atoms with Gasteiger partial charge in [0.1, 0.15) is 0 Å². The van der Waals surface area contributed by atoms with Crippen LogP contribution in [0.15, 0.2) is 90.0 Å². The zero-order valence-corrected chi connectivity index (χ0v) is 18.9. The van der Waals surface area contributed by atoms with Crippen molar-refractivity contribution in [2.45, 2.75) is 18.9 Å². The van der Waals surface area contributed by atoms with E-state index >= 15 is 0 Å². The van der Waals surface area contributed by atoms with Crippen molar-refractivity contribution >= 4 is 17.9 Å². The minimum Gasteiger partial charge on any atom is -0.290 e. The molecule has 0 amide bonds. The average Bonchev–Trinajstić information content (AvgIpc) is 2.82. The summed E-state index contributed by atoms with van der Waals surface area (Å²) in [5, 5.41) is 0. The van der Waals surface area contributed by atoms with E-state index in [0.717, 1.165) is 29.8 Å². The van der Waals surface area contributed by atoms with Crippen molar-refractivity contribution in [3.63, 3.8) is 0 Å². The van der Waals surface area contributed by atoms with Gasteiger partial charge in [-0.05, 0) is 53.1 Å². The van der Waals surface area contributed by atoms with Gasteiger partial charge in [-0.2, -0.15) is 26.3 Å². The molecule has 0 atom stereocenters. The van der Waals surface area contributed by atoms with Gasteiger partial charge in [0.05, 0.1) is 11.1 Å². The van der Waals surface area contributed by atoms with E-state index in [1.807, 2.05) is 35.2 Å². The fourth-order valence-electron chi connectivity index (χ4n) is 4.00. The Hall–Kier alpha value is -3.65. The highest BCUT2D eigenvalue weighted by molar-refractivity contribution is 6.14. The number of rotatable bonds is 4. The van der Waals surface area contributed by atoms with Gasteiger partial charge in [-0.1, -0.05) is 54.6 Å². The number of carbonyl (C=O) groups excluding carboxylic acids is 1. The number of benzene rings is 3. The second kappa shape index (κ2) is 10.1. The standard InChI is InChI=1S/C28H21F6NO/c29-27(30,31)24-10-6-19(7-11-24)14-22-17-35(16-21-4-2-1-3-5-21)18-23(26(22)36)15-20-8-12-25(13-9-20)28(32,33)34/h1-15H,16-18H2/b22-14+,23-15+. The lowest BCUT2D eigenvalue weighted by molar-refractivity contribution is -0.138. The van der Waals surface area contributed by atoms with Crippen molar-refractivity contribution in [3.05, 3.63) is 118 Å². The number of carbonyl (C=O) groups is 1. The Balaban J connectivity index is 1.66. The molecule has 0 spiro atoms. The normalized spacial score (nSPS) is 17.7. The van der Waals surface area contributed by atoms with E-state index in [0.29, 0.717) is 28.8 Å². The van der Waals surface area contributed by atoms with Gasteiger partial charge in [0, 0.05) is 30.8 Å². The van der Waals surface area contributed by atoms with Crippen LogP contribution in [0.4, 0.5) is 26.3 Å². The first-order valence-corrected chi connectivity index (χ1v) is 11.1. The number of Topliss-reactive ketones (excluding diaryl/α,β-unsaturated/α-hetero) is 1. The molecule has 3 aromatic carbocycles. The van der Waals surface area contributed by atoms with Gasteiger partial charge in [0.25, 0.3) is 0 Å². The SMILES string of the molecule is O=C1/C(=C/c2ccc(C(F)(F)F)cc2)CN(Cc2ccccc2)C/C1=C\c1ccc(C(F)(F)F)cc1. The largest absolute Gasteiger partial charge is 0.416 e. The lowest BCUT2D eigenvalue weighted by atomic mass is 9.93. The molecule has 0 aliphatic carbocycles. The molecular formula is C28H21F6NO. The number of ketones is 1. The van der Waals surface area contributed by atoms with E-state index in [2.05, 4.69) is 0 Å². The number of nitrogens with zero attached hydrogens (tertiary/aromatic N) is 1. The van der Waals surface area contributed by atoms with E-state index < -0.39 is 23.5 Å². The van der Waals surface area contributed by atoms with Crippen LogP contribution in [0.25, 0.3) is 12.2 Å². The molecular weight excluding hydrogens is 480 g/mol. The van der Waals surface area contributed by atoms with Crippen LogP contribution in [0.1, 0.15) is 27.8 Å². The predicted molar refractivity (Wildman–Crippen MR) is 126 cm³/mol. The maximum absolute atomic E-state index is 13.3. The van der Waals surface area contributed by atoms with E-state index in [1.54, 1.807) is 12.2 Å². The molecule has 1 aliphatic rings. The maximum atomic E-state index is 13.3. The number of hydrogen-bond acceptors (Lipinski definition) is 2. The molecule has 1 heterocycles. The van der Waals surface area contributed by atoms with Crippen molar-refractivity contribution in [1.29, 1.82) is 0 Å². The summed E-state index contributed by atoms with van der Waals surface area (Å²) in [4.78, 5) is 15.3. The van der Waals surface area contributed by atoms with Gasteiger partial charge in [0.15, 0.2) is 5.78 Å². The summed E-state index contributed by atoms with van der Waals surface area (Å²) in [6.07, 6.45) is -5.81. The molecule has 8 heteroatoms. The van der Waals surface area contributed by atoms with Gasteiger partial charge >= 0.3 is 12.4 Å². The predicted octanol–water partition coefficient (Wildman–Crippen LogP) is 7.28. The minimum atomic E-state index is -4.46. The maximum Gasteiger partial charge on any atom is 0.416 e. The summed E-state index contributed by atoms with van der Waals surface area (Å²) in [7, 11) is 0. The number of alkyl halides is 6. The van der Waals surface area contributed by atoms with Crippen molar-refractivity contribution < 1.29 is 31.1 Å². The second-order valence-electron chi connectivity index (χ2n) is 8.54. The third kappa shape index (κ3) is 6.31. The zero-order valence-electron chi connectivity index (χ0n) is 18.9. The highest BCUT2D eigenvalue weighted by atomic mass is 19.4. The molecule has 0 unspecified atom stereocenters. The van der Waals surface area contributed by atoms with Crippen LogP contribution >= 0.6 is 0 Å². The van der Waals surface area contributed by atoms with Crippen LogP contribution in [-0.4, -0.2) is 23.8 Å². The molecule has 0 radical (unpaired) electrons. The first-order valence-electron chi connectivity index (χ1n) is 11.1. The molecule has 1 aliphatic heterocycles. The minimum absolute atomic E-state index is 0.277. The Morgan fingerprint density at radius 1 is 0.639 bits per heavy atom. The van der Waals surface area contributed by atoms with Crippen molar-refractivity contribution in [3.8, 4) is 0 Å². The summed E-state index contributed by atoms with van der Waals surface area (Å²) in [6.45, 7) is 1.07. The van der Waals surface area contributed by atoms with Crippen LogP contribution in [0.3, 0.4) is 0 Å². The Labute approximate surface area is 204 Å². The van der Waals surface area contributed by atoms with Crippen LogP contribution in [0.5, 0.6) is 0 Å². The Morgan fingerprint density at radius 3 is 1.44 bits per heavy atom. The molecule has 4 rings (SSSR count). The van der Waals surface area contributed by atoms with Crippen molar-refractivity contribution in [2.24, 2.45) is 0 Å². The fourth-order valence-corrected chi connectivity index (χ4v) is 4.00. The molecule has 3 aromatic rings. The highest BCUT2D eigenvalue weighted by Gasteiger charge is 2.31. The third-order valence-electron chi connectivity index (χ3n) is 5.78. The lowest BCUT2D eigenvalue weighted by Crippen LogP contribution is -2.37. The molecule has 1 saturated heterocycles. The van der Waals surface area contributed by atoms with Crippen LogP contribution < -0.4 is 0 Å². The molecule has 0 saturated carbocycles. The number of hydrogen-bond donors (Lipinski definition) is 0. The van der Waals surface area contributed by atoms with E-state index in [-0.39, 0.29) is 18.9 Å². The third-order valence-corrected chi connectivity index (χ3v) is 5.78. The zero-order chi connectivity index (χ0) is 25.9. The lowest BCUT2D eigenvalue weighted by Gasteiger charge is -2.30. The smallest absolute Gasteiger partial charge is 0.290 e. The Morgan fingerprint density at radius 2 is 1.06 bits per heavy atom. The van der Waals surface area contributed by atoms with Crippen LogP contribution in [0.2, 0.25) is 0 Å². The quantitative estimate of drug-likeness (QED) is 0.277. The molecule has 2 nitrogen and oxygen atoms in total. The van der Waals surface area contributed by atoms with E-state index in [9.17, 15) is 31.1 Å². The Kier molecular flexibility index (Phi) is 7.17. The number of halogens is 6. The molecule has 0 N–H and O–H groups in total. The van der Waals surface area contributed by atoms with Gasteiger partial charge in [-0.25, -0.2) is 0 Å². The summed E-state index contributed by atoms with van der Waals surface area (Å²) in [5.41, 5.74) is 1.10. The second-order valence-corrected chi connectivity index (χ2v) is 8.54. The van der Waals surface area contributed by atoms with E-state index in [1.165, 1.54) is 24.3 Å². The Bertz CT molecular complexity index is 1190. The van der Waals surface area contributed by atoms with Gasteiger partial charge < -0.3 is 0 Å².